The Labute approximate surface area is 266 Å². The summed E-state index contributed by atoms with van der Waals surface area (Å²) in [5, 5.41) is 3.68. The molecule has 6 aromatic carbocycles. The van der Waals surface area contributed by atoms with Gasteiger partial charge < -0.3 is 4.57 Å². The van der Waals surface area contributed by atoms with E-state index in [0.29, 0.717) is 5.95 Å². The number of hydrogen-bond acceptors (Lipinski definition) is 2. The van der Waals surface area contributed by atoms with E-state index in [0.717, 1.165) is 50.2 Å². The summed E-state index contributed by atoms with van der Waals surface area (Å²) in [6.45, 7) is 0. The number of rotatable bonds is 5. The van der Waals surface area contributed by atoms with Crippen LogP contribution in [0.25, 0.3) is 78.0 Å². The molecule has 0 spiro atoms. The topological polar surface area (TPSA) is 35.6 Å². The van der Waals surface area contributed by atoms with Gasteiger partial charge in [-0.1, -0.05) is 127 Å². The van der Waals surface area contributed by atoms with Crippen LogP contribution in [0.15, 0.2) is 170 Å². The van der Waals surface area contributed by atoms with Gasteiger partial charge in [0.15, 0.2) is 0 Å². The Bertz CT molecular complexity index is 2400. The average molecular weight is 589 g/mol. The first-order valence-corrected chi connectivity index (χ1v) is 15.5. The molecular weight excluding hydrogens is 560 g/mol. The smallest absolute Gasteiger partial charge is 0.235 e. The van der Waals surface area contributed by atoms with Crippen LogP contribution in [0.3, 0.4) is 0 Å². The van der Waals surface area contributed by atoms with Gasteiger partial charge in [-0.2, -0.15) is 0 Å². The second-order valence-corrected chi connectivity index (χ2v) is 11.5. The second-order valence-electron chi connectivity index (χ2n) is 11.5. The van der Waals surface area contributed by atoms with Gasteiger partial charge in [0.05, 0.1) is 27.9 Å². The molecule has 0 amide bonds. The van der Waals surface area contributed by atoms with Gasteiger partial charge in [0.1, 0.15) is 0 Å². The minimum atomic E-state index is 0.643. The van der Waals surface area contributed by atoms with E-state index in [1.807, 2.05) is 36.4 Å². The van der Waals surface area contributed by atoms with Crippen LogP contribution >= 0.6 is 0 Å². The SMILES string of the molecule is c1ccc(-c2cc(-c3ccccc3)nc(-n3cc(-c4ccc(-n5c6ccccc6c6ccccc65)cc4)c4ccccc43)n2)cc1. The van der Waals surface area contributed by atoms with E-state index in [9.17, 15) is 0 Å². The van der Waals surface area contributed by atoms with Crippen molar-refractivity contribution in [2.24, 2.45) is 0 Å². The Morgan fingerprint density at radius 2 is 0.870 bits per heavy atom. The lowest BCUT2D eigenvalue weighted by Gasteiger charge is -2.10. The zero-order chi connectivity index (χ0) is 30.5. The predicted octanol–water partition coefficient (Wildman–Crippen LogP) is 10.5. The van der Waals surface area contributed by atoms with Crippen molar-refractivity contribution in [2.75, 3.05) is 0 Å². The third-order valence-electron chi connectivity index (χ3n) is 8.80. The quantitative estimate of drug-likeness (QED) is 0.200. The van der Waals surface area contributed by atoms with Crippen LogP contribution in [0.2, 0.25) is 0 Å². The van der Waals surface area contributed by atoms with Crippen LogP contribution in [-0.4, -0.2) is 19.1 Å². The highest BCUT2D eigenvalue weighted by molar-refractivity contribution is 6.09. The largest absolute Gasteiger partial charge is 0.309 e. The zero-order valence-corrected chi connectivity index (χ0v) is 25.0. The second kappa shape index (κ2) is 10.7. The van der Waals surface area contributed by atoms with Gasteiger partial charge in [0, 0.05) is 44.7 Å². The van der Waals surface area contributed by atoms with Crippen molar-refractivity contribution in [2.45, 2.75) is 0 Å². The molecule has 0 fully saturated rings. The molecule has 9 aromatic rings. The van der Waals surface area contributed by atoms with Crippen molar-refractivity contribution in [3.63, 3.8) is 0 Å². The summed E-state index contributed by atoms with van der Waals surface area (Å²) in [5.74, 6) is 0.643. The Balaban J connectivity index is 1.19. The zero-order valence-electron chi connectivity index (χ0n) is 25.0. The van der Waals surface area contributed by atoms with Crippen LogP contribution < -0.4 is 0 Å². The maximum Gasteiger partial charge on any atom is 0.235 e. The molecule has 46 heavy (non-hydrogen) atoms. The molecular formula is C42H28N4. The molecule has 3 heterocycles. The van der Waals surface area contributed by atoms with Crippen LogP contribution in [0.1, 0.15) is 0 Å². The summed E-state index contributed by atoms with van der Waals surface area (Å²) >= 11 is 0. The highest BCUT2D eigenvalue weighted by Crippen LogP contribution is 2.36. The van der Waals surface area contributed by atoms with E-state index >= 15 is 0 Å². The van der Waals surface area contributed by atoms with Gasteiger partial charge in [0.25, 0.3) is 0 Å². The van der Waals surface area contributed by atoms with Crippen molar-refractivity contribution >= 4 is 32.7 Å². The molecule has 3 aromatic heterocycles. The Kier molecular flexibility index (Phi) is 6.10. The van der Waals surface area contributed by atoms with Crippen LogP contribution in [-0.2, 0) is 0 Å². The molecule has 0 bridgehead atoms. The minimum Gasteiger partial charge on any atom is -0.309 e. The first-order valence-electron chi connectivity index (χ1n) is 15.5. The van der Waals surface area contributed by atoms with Gasteiger partial charge in [-0.3, -0.25) is 4.57 Å². The number of hydrogen-bond donors (Lipinski definition) is 0. The summed E-state index contributed by atoms with van der Waals surface area (Å²) in [4.78, 5) is 10.2. The van der Waals surface area contributed by atoms with Crippen molar-refractivity contribution in [3.8, 4) is 45.3 Å². The number of para-hydroxylation sites is 3. The number of fused-ring (bicyclic) bond motifs is 4. The summed E-state index contributed by atoms with van der Waals surface area (Å²) in [7, 11) is 0. The fraction of sp³-hybridized carbons (Fsp3) is 0. The molecule has 0 radical (unpaired) electrons. The lowest BCUT2D eigenvalue weighted by molar-refractivity contribution is 0.969. The minimum absolute atomic E-state index is 0.643. The van der Waals surface area contributed by atoms with Gasteiger partial charge in [0.2, 0.25) is 5.95 Å². The number of aromatic nitrogens is 4. The lowest BCUT2D eigenvalue weighted by Crippen LogP contribution is -2.03. The molecule has 9 rings (SSSR count). The fourth-order valence-corrected chi connectivity index (χ4v) is 6.62. The van der Waals surface area contributed by atoms with E-state index in [1.54, 1.807) is 0 Å². The molecule has 216 valence electrons. The molecule has 0 aliphatic rings. The Morgan fingerprint density at radius 1 is 0.391 bits per heavy atom. The summed E-state index contributed by atoms with van der Waals surface area (Å²) in [5.41, 5.74) is 10.8. The normalized spacial score (nSPS) is 11.5. The standard InChI is InChI=1S/C42H28N4/c1-3-13-30(14-4-1)37-27-38(31-15-5-2-6-16-31)44-42(43-37)45-28-36(35-19-7-10-20-39(35)45)29-23-25-32(26-24-29)46-40-21-11-8-17-33(40)34-18-9-12-22-41(34)46/h1-28H. The van der Waals surface area contributed by atoms with Crippen LogP contribution in [0.5, 0.6) is 0 Å². The molecule has 0 N–H and O–H groups in total. The van der Waals surface area contributed by atoms with Crippen LogP contribution in [0, 0.1) is 0 Å². The van der Waals surface area contributed by atoms with E-state index in [-0.39, 0.29) is 0 Å². The van der Waals surface area contributed by atoms with E-state index in [4.69, 9.17) is 9.97 Å². The maximum absolute atomic E-state index is 5.11. The van der Waals surface area contributed by atoms with Crippen LogP contribution in [0.4, 0.5) is 0 Å². The Hall–Kier alpha value is -6.26. The highest BCUT2D eigenvalue weighted by atomic mass is 15.2. The summed E-state index contributed by atoms with van der Waals surface area (Å²) in [6, 6.07) is 57.3. The first kappa shape index (κ1) is 26.2. The number of nitrogens with zero attached hydrogens (tertiary/aromatic N) is 4. The number of benzene rings is 6. The predicted molar refractivity (Wildman–Crippen MR) is 190 cm³/mol. The van der Waals surface area contributed by atoms with Gasteiger partial charge in [-0.15, -0.1) is 0 Å². The molecule has 0 aliphatic heterocycles. The molecule has 4 nitrogen and oxygen atoms in total. The Morgan fingerprint density at radius 3 is 1.43 bits per heavy atom. The van der Waals surface area contributed by atoms with Crippen molar-refractivity contribution in [1.82, 2.24) is 19.1 Å². The first-order chi connectivity index (χ1) is 22.8. The van der Waals surface area contributed by atoms with Gasteiger partial charge in [-0.25, -0.2) is 9.97 Å². The molecule has 0 saturated heterocycles. The third kappa shape index (κ3) is 4.31. The van der Waals surface area contributed by atoms with E-state index < -0.39 is 0 Å². The summed E-state index contributed by atoms with van der Waals surface area (Å²) in [6.07, 6.45) is 2.18. The molecule has 0 aliphatic carbocycles. The van der Waals surface area contributed by atoms with Crippen molar-refractivity contribution in [1.29, 1.82) is 0 Å². The van der Waals surface area contributed by atoms with E-state index in [1.165, 1.54) is 21.8 Å². The molecule has 0 atom stereocenters. The van der Waals surface area contributed by atoms with Crippen molar-refractivity contribution < 1.29 is 0 Å². The van der Waals surface area contributed by atoms with E-state index in [2.05, 4.69) is 143 Å². The third-order valence-corrected chi connectivity index (χ3v) is 8.80. The van der Waals surface area contributed by atoms with Gasteiger partial charge in [-0.05, 0) is 42.0 Å². The average Bonchev–Trinajstić information content (AvgIpc) is 3.69. The molecule has 0 saturated carbocycles. The lowest BCUT2D eigenvalue weighted by atomic mass is 10.0. The molecule has 4 heteroatoms. The van der Waals surface area contributed by atoms with Gasteiger partial charge >= 0.3 is 0 Å². The maximum atomic E-state index is 5.11. The van der Waals surface area contributed by atoms with Crippen molar-refractivity contribution in [3.05, 3.63) is 170 Å². The monoisotopic (exact) mass is 588 g/mol. The fourth-order valence-electron chi connectivity index (χ4n) is 6.62. The highest BCUT2D eigenvalue weighted by Gasteiger charge is 2.17. The molecule has 0 unspecified atom stereocenters. The summed E-state index contributed by atoms with van der Waals surface area (Å²) < 4.78 is 4.48.